The van der Waals surface area contributed by atoms with Gasteiger partial charge in [0.05, 0.1) is 12.2 Å². The molecule has 158 valence electrons. The third-order valence-electron chi connectivity index (χ3n) is 6.56. The topological polar surface area (TPSA) is 18.5 Å². The number of hydrogen-bond acceptors (Lipinski definition) is 2. The first-order chi connectivity index (χ1) is 12.0. The van der Waals surface area contributed by atoms with Crippen molar-refractivity contribution in [2.75, 3.05) is 0 Å². The van der Waals surface area contributed by atoms with Crippen molar-refractivity contribution < 1.29 is 8.85 Å². The van der Waals surface area contributed by atoms with E-state index in [9.17, 15) is 0 Å². The summed E-state index contributed by atoms with van der Waals surface area (Å²) in [6.07, 6.45) is 10.5. The van der Waals surface area contributed by atoms with Gasteiger partial charge in [0.2, 0.25) is 0 Å². The largest absolute Gasteiger partial charge is 0.413 e. The normalized spacial score (nSPS) is 17.1. The summed E-state index contributed by atoms with van der Waals surface area (Å²) in [4.78, 5) is 0. The SMILES string of the molecule is C#CC[C@@H](O[Si](C)(C)C(C)(C)C)[C@H](CCC)[C@@H](C=C)O[Si](C)(C)C(C)(C)C. The molecule has 0 fully saturated rings. The van der Waals surface area contributed by atoms with E-state index in [2.05, 4.69) is 87.2 Å². The number of rotatable bonds is 10. The number of hydrogen-bond donors (Lipinski definition) is 0. The Kier molecular flexibility index (Phi) is 9.79. The van der Waals surface area contributed by atoms with Crippen molar-refractivity contribution in [3.63, 3.8) is 0 Å². The quantitative estimate of drug-likeness (QED) is 0.212. The van der Waals surface area contributed by atoms with Crippen molar-refractivity contribution in [3.05, 3.63) is 12.7 Å². The van der Waals surface area contributed by atoms with E-state index in [1.165, 1.54) is 0 Å². The van der Waals surface area contributed by atoms with Gasteiger partial charge in [0, 0.05) is 12.3 Å². The maximum atomic E-state index is 6.82. The lowest BCUT2D eigenvalue weighted by Gasteiger charge is -2.45. The van der Waals surface area contributed by atoms with Crippen LogP contribution in [0.3, 0.4) is 0 Å². The standard InChI is InChI=1S/C23H46O2Si2/c1-14-17-19(20(16-3)24-26(10,11)22(4,5)6)21(18-15-2)25-27(12,13)23(7,8)9/h2,16,19-21H,3,14,17-18H2,1,4-13H3/t19-,20-,21-/m1/s1. The summed E-state index contributed by atoms with van der Waals surface area (Å²) >= 11 is 0. The molecular formula is C23H46O2Si2. The second kappa shape index (κ2) is 9.92. The van der Waals surface area contributed by atoms with E-state index in [-0.39, 0.29) is 28.2 Å². The van der Waals surface area contributed by atoms with Crippen LogP contribution in [-0.4, -0.2) is 28.8 Å². The van der Waals surface area contributed by atoms with Gasteiger partial charge < -0.3 is 8.85 Å². The predicted molar refractivity (Wildman–Crippen MR) is 126 cm³/mol. The van der Waals surface area contributed by atoms with Crippen molar-refractivity contribution in [2.45, 2.75) is 116 Å². The molecule has 0 amide bonds. The first-order valence-electron chi connectivity index (χ1n) is 10.5. The van der Waals surface area contributed by atoms with Crippen LogP contribution in [0, 0.1) is 18.3 Å². The molecule has 0 N–H and O–H groups in total. The van der Waals surface area contributed by atoms with Crippen molar-refractivity contribution in [1.82, 2.24) is 0 Å². The molecule has 0 aliphatic rings. The lowest BCUT2D eigenvalue weighted by atomic mass is 9.89. The minimum absolute atomic E-state index is 0.0172. The summed E-state index contributed by atoms with van der Waals surface area (Å²) in [6, 6.07) is 0. The Morgan fingerprint density at radius 2 is 1.41 bits per heavy atom. The van der Waals surface area contributed by atoms with Crippen LogP contribution >= 0.6 is 0 Å². The molecule has 0 saturated heterocycles. The van der Waals surface area contributed by atoms with E-state index in [1.54, 1.807) is 0 Å². The molecule has 0 aliphatic carbocycles. The van der Waals surface area contributed by atoms with Gasteiger partial charge in [0.15, 0.2) is 16.6 Å². The second-order valence-corrected chi connectivity index (χ2v) is 20.4. The van der Waals surface area contributed by atoms with Gasteiger partial charge in [0.25, 0.3) is 0 Å². The molecule has 3 atom stereocenters. The Bertz CT molecular complexity index is 504. The van der Waals surface area contributed by atoms with E-state index in [0.29, 0.717) is 6.42 Å². The van der Waals surface area contributed by atoms with Gasteiger partial charge >= 0.3 is 0 Å². The maximum Gasteiger partial charge on any atom is 0.192 e. The summed E-state index contributed by atoms with van der Waals surface area (Å²) in [6.45, 7) is 29.2. The maximum absolute atomic E-state index is 6.82. The molecule has 0 spiro atoms. The van der Waals surface area contributed by atoms with Gasteiger partial charge in [-0.3, -0.25) is 0 Å². The van der Waals surface area contributed by atoms with Crippen molar-refractivity contribution >= 4 is 16.6 Å². The Labute approximate surface area is 172 Å². The molecule has 0 radical (unpaired) electrons. The van der Waals surface area contributed by atoms with E-state index in [4.69, 9.17) is 15.3 Å². The lowest BCUT2D eigenvalue weighted by molar-refractivity contribution is 0.0452. The third-order valence-corrected chi connectivity index (χ3v) is 15.5. The molecule has 0 aromatic rings. The highest BCUT2D eigenvalue weighted by Crippen LogP contribution is 2.42. The zero-order valence-corrected chi connectivity index (χ0v) is 22.0. The molecule has 0 rings (SSSR count). The summed E-state index contributed by atoms with van der Waals surface area (Å²) < 4.78 is 13.6. The second-order valence-electron chi connectivity index (χ2n) is 10.9. The Hall–Kier alpha value is -0.346. The van der Waals surface area contributed by atoms with Crippen molar-refractivity contribution in [1.29, 1.82) is 0 Å². The highest BCUT2D eigenvalue weighted by atomic mass is 28.4. The van der Waals surface area contributed by atoms with Gasteiger partial charge in [-0.15, -0.1) is 18.9 Å². The van der Waals surface area contributed by atoms with Gasteiger partial charge in [-0.25, -0.2) is 0 Å². The minimum Gasteiger partial charge on any atom is -0.413 e. The fraction of sp³-hybridized carbons (Fsp3) is 0.826. The van der Waals surface area contributed by atoms with Gasteiger partial charge in [0.1, 0.15) is 0 Å². The van der Waals surface area contributed by atoms with Crippen molar-refractivity contribution in [2.24, 2.45) is 5.92 Å². The van der Waals surface area contributed by atoms with Crippen LogP contribution in [0.2, 0.25) is 36.3 Å². The zero-order chi connectivity index (χ0) is 21.7. The van der Waals surface area contributed by atoms with Crippen LogP contribution in [0.15, 0.2) is 12.7 Å². The molecule has 0 heterocycles. The molecule has 0 aromatic carbocycles. The van der Waals surface area contributed by atoms with Crippen LogP contribution in [0.4, 0.5) is 0 Å². The highest BCUT2D eigenvalue weighted by molar-refractivity contribution is 6.74. The van der Waals surface area contributed by atoms with Crippen LogP contribution < -0.4 is 0 Å². The van der Waals surface area contributed by atoms with Crippen molar-refractivity contribution in [3.8, 4) is 12.3 Å². The van der Waals surface area contributed by atoms with Gasteiger partial charge in [-0.2, -0.15) is 0 Å². The Morgan fingerprint density at radius 1 is 0.963 bits per heavy atom. The molecule has 0 unspecified atom stereocenters. The number of terminal acetylenes is 1. The average molecular weight is 411 g/mol. The van der Waals surface area contributed by atoms with Crippen LogP contribution in [0.5, 0.6) is 0 Å². The summed E-state index contributed by atoms with van der Waals surface area (Å²) in [5.74, 6) is 3.11. The van der Waals surface area contributed by atoms with Crippen LogP contribution in [0.1, 0.15) is 67.7 Å². The first kappa shape index (κ1) is 26.7. The summed E-state index contributed by atoms with van der Waals surface area (Å²) in [5, 5.41) is 0.313. The highest BCUT2D eigenvalue weighted by Gasteiger charge is 2.44. The van der Waals surface area contributed by atoms with E-state index >= 15 is 0 Å². The minimum atomic E-state index is -1.92. The zero-order valence-electron chi connectivity index (χ0n) is 20.0. The van der Waals surface area contributed by atoms with Crippen LogP contribution in [-0.2, 0) is 8.85 Å². The summed E-state index contributed by atoms with van der Waals surface area (Å²) in [5.41, 5.74) is 0. The monoisotopic (exact) mass is 410 g/mol. The Morgan fingerprint density at radius 3 is 1.74 bits per heavy atom. The van der Waals surface area contributed by atoms with E-state index in [0.717, 1.165) is 12.8 Å². The van der Waals surface area contributed by atoms with E-state index in [1.807, 2.05) is 6.08 Å². The molecule has 2 nitrogen and oxygen atoms in total. The average Bonchev–Trinajstić information content (AvgIpc) is 2.47. The fourth-order valence-electron chi connectivity index (χ4n) is 2.67. The molecule has 0 bridgehead atoms. The lowest BCUT2D eigenvalue weighted by Crippen LogP contribution is -2.50. The molecule has 0 saturated carbocycles. The molecule has 4 heteroatoms. The predicted octanol–water partition coefficient (Wildman–Crippen LogP) is 7.39. The summed E-state index contributed by atoms with van der Waals surface area (Å²) in [7, 11) is -3.84. The molecule has 0 aromatic heterocycles. The fourth-order valence-corrected chi connectivity index (χ4v) is 5.35. The molecule has 0 aliphatic heterocycles. The van der Waals surface area contributed by atoms with Crippen LogP contribution in [0.25, 0.3) is 0 Å². The molecule has 27 heavy (non-hydrogen) atoms. The molecular weight excluding hydrogens is 364 g/mol. The van der Waals surface area contributed by atoms with E-state index < -0.39 is 16.6 Å². The first-order valence-corrected chi connectivity index (χ1v) is 16.3. The smallest absolute Gasteiger partial charge is 0.192 e. The van der Waals surface area contributed by atoms with Gasteiger partial charge in [-0.05, 0) is 42.7 Å². The van der Waals surface area contributed by atoms with Gasteiger partial charge in [-0.1, -0.05) is 61.0 Å². The third kappa shape index (κ3) is 7.53. The Balaban J connectivity index is 5.82.